The maximum absolute atomic E-state index is 11.1. The number of halogens is 6. The van der Waals surface area contributed by atoms with Crippen LogP contribution in [0.2, 0.25) is 0 Å². The molecule has 4 nitrogen and oxygen atoms in total. The zero-order valence-corrected chi connectivity index (χ0v) is 26.6. The van der Waals surface area contributed by atoms with Gasteiger partial charge in [0.1, 0.15) is 0 Å². The molecule has 0 N–H and O–H groups in total. The fourth-order valence-electron chi connectivity index (χ4n) is 2.19. The molecule has 0 aliphatic rings. The van der Waals surface area contributed by atoms with Gasteiger partial charge in [-0.05, 0) is 74.5 Å². The van der Waals surface area contributed by atoms with Gasteiger partial charge in [0.2, 0.25) is 0 Å². The summed E-state index contributed by atoms with van der Waals surface area (Å²) in [6.45, 7) is 10.9. The zero-order valence-electron chi connectivity index (χ0n) is 17.0. The number of carbonyl (C=O) groups excluding carboxylic acids is 2. The Kier molecular flexibility index (Phi) is 13.2. The number of ether oxygens (including phenoxy) is 2. The standard InChI is InChI=1S/C12H11Br3O2.C10H7Br3O2/c1-3-11(16)17-5-4-8-10(14)6-9(13)7(2)12(8)15;1-3-8(14)15-10-7(12)4-6(11)5(2)9(10)13/h3,6H,1,4-5H2,2H3;3-4H,1H2,2H3. The Morgan fingerprint density at radius 2 is 1.31 bits per heavy atom. The first-order valence-corrected chi connectivity index (χ1v) is 13.6. The van der Waals surface area contributed by atoms with Gasteiger partial charge >= 0.3 is 11.9 Å². The lowest BCUT2D eigenvalue weighted by molar-refractivity contribution is -0.137. The molecule has 0 aliphatic carbocycles. The van der Waals surface area contributed by atoms with E-state index in [0.29, 0.717) is 23.2 Å². The third-order valence-corrected chi connectivity index (χ3v) is 8.96. The van der Waals surface area contributed by atoms with Crippen LogP contribution in [0.25, 0.3) is 0 Å². The van der Waals surface area contributed by atoms with Gasteiger partial charge in [-0.3, -0.25) is 0 Å². The Balaban J connectivity index is 0.000000323. The second-order valence-corrected chi connectivity index (χ2v) is 11.1. The van der Waals surface area contributed by atoms with Crippen molar-refractivity contribution in [2.24, 2.45) is 0 Å². The molecule has 2 aromatic carbocycles. The molecule has 10 heteroatoms. The average molecular weight is 826 g/mol. The van der Waals surface area contributed by atoms with Crippen LogP contribution in [0, 0.1) is 13.8 Å². The summed E-state index contributed by atoms with van der Waals surface area (Å²) in [5, 5.41) is 0. The van der Waals surface area contributed by atoms with Crippen molar-refractivity contribution in [2.75, 3.05) is 6.61 Å². The van der Waals surface area contributed by atoms with Crippen LogP contribution in [0.5, 0.6) is 5.75 Å². The van der Waals surface area contributed by atoms with E-state index in [1.54, 1.807) is 0 Å². The summed E-state index contributed by atoms with van der Waals surface area (Å²) in [7, 11) is 0. The van der Waals surface area contributed by atoms with Crippen molar-refractivity contribution in [3.05, 3.63) is 81.0 Å². The summed E-state index contributed by atoms with van der Waals surface area (Å²) >= 11 is 20.6. The van der Waals surface area contributed by atoms with Crippen molar-refractivity contribution in [3.63, 3.8) is 0 Å². The number of hydrogen-bond acceptors (Lipinski definition) is 4. The lowest BCUT2D eigenvalue weighted by Crippen LogP contribution is -2.05. The zero-order chi connectivity index (χ0) is 24.6. The molecule has 0 amide bonds. The quantitative estimate of drug-likeness (QED) is 0.166. The minimum absolute atomic E-state index is 0.336. The molecule has 0 fully saturated rings. The molecule has 0 radical (unpaired) electrons. The van der Waals surface area contributed by atoms with Crippen molar-refractivity contribution in [1.82, 2.24) is 0 Å². The number of benzene rings is 2. The van der Waals surface area contributed by atoms with Crippen LogP contribution in [0.3, 0.4) is 0 Å². The molecular formula is C22H18Br6O4. The van der Waals surface area contributed by atoms with E-state index in [1.807, 2.05) is 26.0 Å². The van der Waals surface area contributed by atoms with E-state index >= 15 is 0 Å². The maximum atomic E-state index is 11.1. The van der Waals surface area contributed by atoms with Gasteiger partial charge in [0, 0.05) is 36.5 Å². The highest BCUT2D eigenvalue weighted by Crippen LogP contribution is 2.40. The molecule has 32 heavy (non-hydrogen) atoms. The van der Waals surface area contributed by atoms with Crippen molar-refractivity contribution in [2.45, 2.75) is 20.3 Å². The summed E-state index contributed by atoms with van der Waals surface area (Å²) in [4.78, 5) is 22.0. The Morgan fingerprint density at radius 1 is 0.812 bits per heavy atom. The number of carbonyl (C=O) groups is 2. The fourth-order valence-corrected chi connectivity index (χ4v) is 6.99. The van der Waals surface area contributed by atoms with Crippen molar-refractivity contribution < 1.29 is 19.1 Å². The van der Waals surface area contributed by atoms with Crippen LogP contribution in [0.15, 0.2) is 64.3 Å². The number of hydrogen-bond donors (Lipinski definition) is 0. The molecular weight excluding hydrogens is 808 g/mol. The molecule has 172 valence electrons. The predicted molar refractivity (Wildman–Crippen MR) is 149 cm³/mol. The molecule has 2 aromatic rings. The van der Waals surface area contributed by atoms with E-state index in [2.05, 4.69) is 109 Å². The molecule has 0 saturated heterocycles. The van der Waals surface area contributed by atoms with Gasteiger partial charge in [0.05, 0.1) is 15.6 Å². The molecule has 0 atom stereocenters. The Morgan fingerprint density at radius 3 is 1.84 bits per heavy atom. The van der Waals surface area contributed by atoms with Gasteiger partial charge in [-0.15, -0.1) is 0 Å². The van der Waals surface area contributed by atoms with E-state index in [1.165, 1.54) is 0 Å². The predicted octanol–water partition coefficient (Wildman–Crippen LogP) is 8.93. The summed E-state index contributed by atoms with van der Waals surface area (Å²) in [6.07, 6.45) is 2.93. The van der Waals surface area contributed by atoms with Crippen LogP contribution < -0.4 is 4.74 Å². The molecule has 0 spiro atoms. The third-order valence-electron chi connectivity index (χ3n) is 3.98. The highest BCUT2D eigenvalue weighted by Gasteiger charge is 2.14. The van der Waals surface area contributed by atoms with E-state index in [-0.39, 0.29) is 0 Å². The largest absolute Gasteiger partial charge is 0.462 e. The minimum atomic E-state index is -0.488. The monoisotopic (exact) mass is 820 g/mol. The molecule has 0 aliphatic heterocycles. The molecule has 0 bridgehead atoms. The van der Waals surface area contributed by atoms with Gasteiger partial charge in [-0.25, -0.2) is 9.59 Å². The van der Waals surface area contributed by atoms with E-state index in [0.717, 1.165) is 51.2 Å². The molecule has 0 aromatic heterocycles. The number of esters is 2. The number of rotatable bonds is 6. The molecule has 0 heterocycles. The summed E-state index contributed by atoms with van der Waals surface area (Å²) < 4.78 is 15.5. The lowest BCUT2D eigenvalue weighted by Gasteiger charge is -2.11. The Labute approximate surface area is 238 Å². The van der Waals surface area contributed by atoms with Crippen LogP contribution >= 0.6 is 95.6 Å². The average Bonchev–Trinajstić information content (AvgIpc) is 2.76. The van der Waals surface area contributed by atoms with Crippen molar-refractivity contribution in [3.8, 4) is 5.75 Å². The van der Waals surface area contributed by atoms with Crippen LogP contribution in [0.4, 0.5) is 0 Å². The summed E-state index contributed by atoms with van der Waals surface area (Å²) in [6, 6.07) is 3.82. The van der Waals surface area contributed by atoms with Crippen molar-refractivity contribution >= 4 is 108 Å². The Hall–Kier alpha value is -0.260. The smallest absolute Gasteiger partial charge is 0.335 e. The maximum Gasteiger partial charge on any atom is 0.335 e. The van der Waals surface area contributed by atoms with Gasteiger partial charge in [-0.1, -0.05) is 76.9 Å². The lowest BCUT2D eigenvalue weighted by atomic mass is 10.1. The van der Waals surface area contributed by atoms with Crippen LogP contribution in [-0.4, -0.2) is 18.5 Å². The molecule has 0 saturated carbocycles. The molecule has 0 unspecified atom stereocenters. The van der Waals surface area contributed by atoms with Gasteiger partial charge in [0.25, 0.3) is 0 Å². The third kappa shape index (κ3) is 8.51. The second kappa shape index (κ2) is 14.2. The van der Waals surface area contributed by atoms with Crippen LogP contribution in [0.1, 0.15) is 16.7 Å². The normalized spacial score (nSPS) is 10.0. The summed E-state index contributed by atoms with van der Waals surface area (Å²) in [5.41, 5.74) is 3.17. The van der Waals surface area contributed by atoms with E-state index in [4.69, 9.17) is 9.47 Å². The first kappa shape index (κ1) is 29.8. The van der Waals surface area contributed by atoms with E-state index < -0.39 is 11.9 Å². The second-order valence-electron chi connectivity index (χ2n) is 6.11. The first-order chi connectivity index (χ1) is 14.9. The van der Waals surface area contributed by atoms with Crippen molar-refractivity contribution in [1.29, 1.82) is 0 Å². The highest BCUT2D eigenvalue weighted by atomic mass is 79.9. The first-order valence-electron chi connectivity index (χ1n) is 8.85. The van der Waals surface area contributed by atoms with Gasteiger partial charge in [0.15, 0.2) is 5.75 Å². The van der Waals surface area contributed by atoms with Crippen LogP contribution in [-0.2, 0) is 20.7 Å². The minimum Gasteiger partial charge on any atom is -0.462 e. The topological polar surface area (TPSA) is 52.6 Å². The Bertz CT molecular complexity index is 1050. The van der Waals surface area contributed by atoms with E-state index in [9.17, 15) is 9.59 Å². The van der Waals surface area contributed by atoms with Gasteiger partial charge in [-0.2, -0.15) is 0 Å². The molecule has 2 rings (SSSR count). The van der Waals surface area contributed by atoms with Gasteiger partial charge < -0.3 is 9.47 Å². The summed E-state index contributed by atoms with van der Waals surface area (Å²) in [5.74, 6) is -0.426. The highest BCUT2D eigenvalue weighted by molar-refractivity contribution is 9.12. The fraction of sp³-hybridized carbons (Fsp3) is 0.182. The SMILES string of the molecule is C=CC(=O)OCCc1c(Br)cc(Br)c(C)c1Br.C=CC(=O)Oc1c(Br)cc(Br)c(C)c1Br.